The second-order valence-corrected chi connectivity index (χ2v) is 6.96. The molecule has 2 saturated carbocycles. The normalized spacial score (nSPS) is 46.7. The molecular formula is C14H26N2. The van der Waals surface area contributed by atoms with Crippen LogP contribution in [0.2, 0.25) is 0 Å². The molecule has 1 heterocycles. The van der Waals surface area contributed by atoms with Gasteiger partial charge in [-0.3, -0.25) is 4.90 Å². The van der Waals surface area contributed by atoms with E-state index in [9.17, 15) is 0 Å². The Labute approximate surface area is 99.6 Å². The van der Waals surface area contributed by atoms with E-state index in [1.807, 2.05) is 0 Å². The van der Waals surface area contributed by atoms with Gasteiger partial charge in [-0.25, -0.2) is 0 Å². The fraction of sp³-hybridized carbons (Fsp3) is 1.00. The van der Waals surface area contributed by atoms with Crippen molar-refractivity contribution in [2.75, 3.05) is 13.1 Å². The van der Waals surface area contributed by atoms with Gasteiger partial charge in [0.1, 0.15) is 0 Å². The molecule has 2 N–H and O–H groups in total. The highest BCUT2D eigenvalue weighted by atomic mass is 15.3. The zero-order valence-electron chi connectivity index (χ0n) is 10.8. The lowest BCUT2D eigenvalue weighted by Crippen LogP contribution is -2.61. The standard InChI is InChI=1S/C14H26N2/c1-13(2)6-3-7-16(13)14(10-15)9-11-4-5-12(14)8-11/h11-12H,3-10,15H2,1-2H3. The lowest BCUT2D eigenvalue weighted by Gasteiger charge is -2.50. The maximum Gasteiger partial charge on any atom is 0.0367 e. The molecule has 3 aliphatic rings. The van der Waals surface area contributed by atoms with Gasteiger partial charge in [-0.1, -0.05) is 6.42 Å². The third kappa shape index (κ3) is 1.32. The first kappa shape index (κ1) is 11.0. The molecule has 2 nitrogen and oxygen atoms in total. The number of nitrogens with zero attached hydrogens (tertiary/aromatic N) is 1. The Balaban J connectivity index is 1.91. The summed E-state index contributed by atoms with van der Waals surface area (Å²) in [7, 11) is 0. The van der Waals surface area contributed by atoms with Crippen LogP contribution >= 0.6 is 0 Å². The largest absolute Gasteiger partial charge is 0.329 e. The van der Waals surface area contributed by atoms with E-state index in [1.54, 1.807) is 0 Å². The third-order valence-electron chi connectivity index (χ3n) is 5.74. The summed E-state index contributed by atoms with van der Waals surface area (Å²) < 4.78 is 0. The van der Waals surface area contributed by atoms with E-state index in [4.69, 9.17) is 5.73 Å². The van der Waals surface area contributed by atoms with Crippen LogP contribution in [0.4, 0.5) is 0 Å². The highest BCUT2D eigenvalue weighted by molar-refractivity contribution is 5.12. The molecule has 0 aromatic heterocycles. The average molecular weight is 222 g/mol. The summed E-state index contributed by atoms with van der Waals surface area (Å²) in [4.78, 5) is 2.80. The minimum Gasteiger partial charge on any atom is -0.329 e. The van der Waals surface area contributed by atoms with E-state index in [1.165, 1.54) is 45.1 Å². The Morgan fingerprint density at radius 1 is 1.31 bits per heavy atom. The van der Waals surface area contributed by atoms with Crippen molar-refractivity contribution >= 4 is 0 Å². The van der Waals surface area contributed by atoms with Gasteiger partial charge in [0.05, 0.1) is 0 Å². The van der Waals surface area contributed by atoms with Crippen molar-refractivity contribution in [1.29, 1.82) is 0 Å². The van der Waals surface area contributed by atoms with E-state index < -0.39 is 0 Å². The van der Waals surface area contributed by atoms with Crippen LogP contribution in [0.3, 0.4) is 0 Å². The monoisotopic (exact) mass is 222 g/mol. The van der Waals surface area contributed by atoms with Crippen molar-refractivity contribution in [2.24, 2.45) is 17.6 Å². The van der Waals surface area contributed by atoms with E-state index >= 15 is 0 Å². The number of nitrogens with two attached hydrogens (primary N) is 1. The Hall–Kier alpha value is -0.0800. The Morgan fingerprint density at radius 3 is 2.56 bits per heavy atom. The Morgan fingerprint density at radius 2 is 2.12 bits per heavy atom. The SMILES string of the molecule is CC1(C)CCCN1C1(CN)CC2CCC1C2. The maximum absolute atomic E-state index is 6.21. The van der Waals surface area contributed by atoms with Crippen LogP contribution in [0.5, 0.6) is 0 Å². The second-order valence-electron chi connectivity index (χ2n) is 6.96. The molecule has 0 spiro atoms. The average Bonchev–Trinajstić information content (AvgIpc) is 2.90. The molecule has 3 rings (SSSR count). The number of rotatable bonds is 2. The van der Waals surface area contributed by atoms with E-state index in [-0.39, 0.29) is 0 Å². The van der Waals surface area contributed by atoms with E-state index in [0.717, 1.165) is 18.4 Å². The van der Waals surface area contributed by atoms with Crippen molar-refractivity contribution in [1.82, 2.24) is 4.90 Å². The number of fused-ring (bicyclic) bond motifs is 2. The molecule has 3 atom stereocenters. The van der Waals surface area contributed by atoms with Gasteiger partial charge < -0.3 is 5.73 Å². The molecular weight excluding hydrogens is 196 g/mol. The van der Waals surface area contributed by atoms with Crippen LogP contribution in [-0.2, 0) is 0 Å². The van der Waals surface area contributed by atoms with Crippen LogP contribution < -0.4 is 5.73 Å². The molecule has 1 aliphatic heterocycles. The number of hydrogen-bond donors (Lipinski definition) is 1. The molecule has 0 amide bonds. The molecule has 16 heavy (non-hydrogen) atoms. The van der Waals surface area contributed by atoms with Crippen molar-refractivity contribution in [2.45, 2.75) is 63.5 Å². The highest BCUT2D eigenvalue weighted by Gasteiger charge is 2.56. The fourth-order valence-corrected chi connectivity index (χ4v) is 5.04. The lowest BCUT2D eigenvalue weighted by atomic mass is 9.77. The molecule has 3 fully saturated rings. The summed E-state index contributed by atoms with van der Waals surface area (Å²) in [5.74, 6) is 1.89. The van der Waals surface area contributed by atoms with Gasteiger partial charge in [0.2, 0.25) is 0 Å². The van der Waals surface area contributed by atoms with Gasteiger partial charge in [-0.15, -0.1) is 0 Å². The van der Waals surface area contributed by atoms with Crippen LogP contribution in [0.15, 0.2) is 0 Å². The molecule has 2 bridgehead atoms. The first-order chi connectivity index (χ1) is 7.58. The van der Waals surface area contributed by atoms with Crippen molar-refractivity contribution in [3.05, 3.63) is 0 Å². The van der Waals surface area contributed by atoms with Crippen molar-refractivity contribution in [3.63, 3.8) is 0 Å². The van der Waals surface area contributed by atoms with Gasteiger partial charge in [0.25, 0.3) is 0 Å². The number of likely N-dealkylation sites (tertiary alicyclic amines) is 1. The first-order valence-corrected chi connectivity index (χ1v) is 7.06. The molecule has 2 heteroatoms. The minimum atomic E-state index is 0.378. The van der Waals surface area contributed by atoms with Crippen LogP contribution in [-0.4, -0.2) is 29.1 Å². The van der Waals surface area contributed by atoms with E-state index in [2.05, 4.69) is 18.7 Å². The molecule has 0 aromatic carbocycles. The molecule has 1 saturated heterocycles. The molecule has 0 aromatic rings. The van der Waals surface area contributed by atoms with Gasteiger partial charge in [0.15, 0.2) is 0 Å². The number of hydrogen-bond acceptors (Lipinski definition) is 2. The Bertz CT molecular complexity index is 286. The smallest absolute Gasteiger partial charge is 0.0367 e. The predicted octanol–water partition coefficient (Wildman–Crippen LogP) is 2.38. The maximum atomic E-state index is 6.21. The molecule has 0 radical (unpaired) electrons. The molecule has 3 unspecified atom stereocenters. The minimum absolute atomic E-state index is 0.378. The summed E-state index contributed by atoms with van der Waals surface area (Å²) in [5.41, 5.74) is 6.99. The van der Waals surface area contributed by atoms with Gasteiger partial charge in [-0.2, -0.15) is 0 Å². The van der Waals surface area contributed by atoms with Crippen LogP contribution in [0.1, 0.15) is 52.4 Å². The quantitative estimate of drug-likeness (QED) is 0.777. The third-order valence-corrected chi connectivity index (χ3v) is 5.74. The molecule has 92 valence electrons. The topological polar surface area (TPSA) is 29.3 Å². The summed E-state index contributed by atoms with van der Waals surface area (Å²) >= 11 is 0. The van der Waals surface area contributed by atoms with Crippen LogP contribution in [0.25, 0.3) is 0 Å². The van der Waals surface area contributed by atoms with Crippen molar-refractivity contribution in [3.8, 4) is 0 Å². The van der Waals surface area contributed by atoms with Crippen LogP contribution in [0, 0.1) is 11.8 Å². The van der Waals surface area contributed by atoms with Crippen molar-refractivity contribution < 1.29 is 0 Å². The highest BCUT2D eigenvalue weighted by Crippen LogP contribution is 2.55. The van der Waals surface area contributed by atoms with E-state index in [0.29, 0.717) is 11.1 Å². The van der Waals surface area contributed by atoms with Gasteiger partial charge >= 0.3 is 0 Å². The Kier molecular flexibility index (Phi) is 2.38. The molecule has 2 aliphatic carbocycles. The van der Waals surface area contributed by atoms with Gasteiger partial charge in [-0.05, 0) is 64.3 Å². The summed E-state index contributed by atoms with van der Waals surface area (Å²) in [6.45, 7) is 7.01. The fourth-order valence-electron chi connectivity index (χ4n) is 5.04. The summed E-state index contributed by atoms with van der Waals surface area (Å²) in [5, 5.41) is 0. The predicted molar refractivity (Wildman–Crippen MR) is 67.3 cm³/mol. The summed E-state index contributed by atoms with van der Waals surface area (Å²) in [6, 6.07) is 0. The summed E-state index contributed by atoms with van der Waals surface area (Å²) in [6.07, 6.45) is 8.48. The second kappa shape index (κ2) is 3.46. The van der Waals surface area contributed by atoms with Gasteiger partial charge in [0, 0.05) is 17.6 Å². The zero-order chi connectivity index (χ0) is 11.4. The first-order valence-electron chi connectivity index (χ1n) is 7.06. The lowest BCUT2D eigenvalue weighted by molar-refractivity contribution is -0.00483. The zero-order valence-corrected chi connectivity index (χ0v) is 10.8.